The van der Waals surface area contributed by atoms with Gasteiger partial charge in [-0.05, 0) is 51.9 Å². The molecular formula is C16H28N4. The van der Waals surface area contributed by atoms with E-state index in [1.807, 2.05) is 24.4 Å². The molecular weight excluding hydrogens is 248 g/mol. The molecule has 4 N–H and O–H groups in total. The second-order valence-corrected chi connectivity index (χ2v) is 5.44. The Morgan fingerprint density at radius 1 is 1.10 bits per heavy atom. The predicted molar refractivity (Wildman–Crippen MR) is 85.7 cm³/mol. The van der Waals surface area contributed by atoms with Crippen LogP contribution in [-0.4, -0.2) is 37.1 Å². The van der Waals surface area contributed by atoms with Crippen LogP contribution >= 0.6 is 0 Å². The minimum atomic E-state index is 0.780. The van der Waals surface area contributed by atoms with Crippen molar-refractivity contribution >= 4 is 0 Å². The summed E-state index contributed by atoms with van der Waals surface area (Å²) >= 11 is 0. The van der Waals surface area contributed by atoms with Crippen molar-refractivity contribution in [2.75, 3.05) is 27.2 Å². The van der Waals surface area contributed by atoms with Gasteiger partial charge in [0.1, 0.15) is 0 Å². The summed E-state index contributed by atoms with van der Waals surface area (Å²) in [6.07, 6.45) is 5.97. The zero-order valence-corrected chi connectivity index (χ0v) is 12.8. The van der Waals surface area contributed by atoms with Crippen LogP contribution < -0.4 is 11.6 Å². The summed E-state index contributed by atoms with van der Waals surface area (Å²) in [6.45, 7) is 1.88. The zero-order chi connectivity index (χ0) is 14.8. The van der Waals surface area contributed by atoms with Crippen molar-refractivity contribution in [1.29, 1.82) is 0 Å². The van der Waals surface area contributed by atoms with E-state index < -0.39 is 0 Å². The highest BCUT2D eigenvalue weighted by Crippen LogP contribution is 2.04. The molecule has 0 aliphatic carbocycles. The van der Waals surface area contributed by atoms with E-state index in [2.05, 4.69) is 31.1 Å². The van der Waals surface area contributed by atoms with Gasteiger partial charge >= 0.3 is 0 Å². The van der Waals surface area contributed by atoms with E-state index in [9.17, 15) is 0 Å². The van der Waals surface area contributed by atoms with Gasteiger partial charge in [-0.1, -0.05) is 30.3 Å². The molecule has 0 spiro atoms. The molecule has 1 aromatic carbocycles. The molecule has 0 saturated heterocycles. The van der Waals surface area contributed by atoms with E-state index in [1.165, 1.54) is 5.56 Å². The first kappa shape index (κ1) is 16.5. The van der Waals surface area contributed by atoms with Gasteiger partial charge in [-0.2, -0.15) is 0 Å². The van der Waals surface area contributed by atoms with E-state index in [1.54, 1.807) is 5.01 Å². The highest BCUT2D eigenvalue weighted by molar-refractivity contribution is 5.15. The lowest BCUT2D eigenvalue weighted by atomic mass is 10.1. The Balaban J connectivity index is 2.22. The molecule has 0 bridgehead atoms. The summed E-state index contributed by atoms with van der Waals surface area (Å²) in [7, 11) is 4.18. The summed E-state index contributed by atoms with van der Waals surface area (Å²) < 4.78 is 0. The van der Waals surface area contributed by atoms with E-state index in [0.717, 1.165) is 44.5 Å². The number of hydrogen-bond acceptors (Lipinski definition) is 4. The first-order chi connectivity index (χ1) is 9.58. The van der Waals surface area contributed by atoms with E-state index in [0.29, 0.717) is 0 Å². The van der Waals surface area contributed by atoms with Crippen LogP contribution in [0.1, 0.15) is 24.8 Å². The van der Waals surface area contributed by atoms with Crippen LogP contribution in [0.4, 0.5) is 0 Å². The normalized spacial score (nSPS) is 11.9. The molecule has 0 aliphatic heterocycles. The summed E-state index contributed by atoms with van der Waals surface area (Å²) in [5.41, 5.74) is 8.14. The van der Waals surface area contributed by atoms with Gasteiger partial charge in [0.15, 0.2) is 0 Å². The number of nitrogens with zero attached hydrogens (tertiary/aromatic N) is 2. The Morgan fingerprint density at radius 2 is 1.80 bits per heavy atom. The molecule has 0 heterocycles. The number of hydrazine groups is 1. The lowest BCUT2D eigenvalue weighted by Gasteiger charge is -2.15. The van der Waals surface area contributed by atoms with Gasteiger partial charge in [0.05, 0.1) is 0 Å². The third-order valence-electron chi connectivity index (χ3n) is 3.15. The maximum atomic E-state index is 5.99. The van der Waals surface area contributed by atoms with Crippen LogP contribution in [0.3, 0.4) is 0 Å². The second-order valence-electron chi connectivity index (χ2n) is 5.44. The number of nitrogens with two attached hydrogens (primary N) is 2. The Kier molecular flexibility index (Phi) is 7.77. The topological polar surface area (TPSA) is 58.5 Å². The summed E-state index contributed by atoms with van der Waals surface area (Å²) in [6, 6.07) is 10.3. The summed E-state index contributed by atoms with van der Waals surface area (Å²) in [4.78, 5) is 2.19. The van der Waals surface area contributed by atoms with Gasteiger partial charge in [0, 0.05) is 18.4 Å². The molecule has 1 rings (SSSR count). The fourth-order valence-electron chi connectivity index (χ4n) is 2.00. The van der Waals surface area contributed by atoms with Crippen LogP contribution in [0.25, 0.3) is 0 Å². The fourth-order valence-corrected chi connectivity index (χ4v) is 2.00. The molecule has 0 unspecified atom stereocenters. The van der Waals surface area contributed by atoms with Gasteiger partial charge in [0.2, 0.25) is 0 Å². The molecule has 112 valence electrons. The maximum absolute atomic E-state index is 5.99. The van der Waals surface area contributed by atoms with Crippen molar-refractivity contribution in [3.05, 3.63) is 47.8 Å². The molecule has 0 aromatic heterocycles. The first-order valence-corrected chi connectivity index (χ1v) is 7.24. The smallest absolute Gasteiger partial charge is 0.0376 e. The Labute approximate surface area is 123 Å². The number of rotatable bonds is 9. The minimum Gasteiger partial charge on any atom is -0.401 e. The number of hydrogen-bond donors (Lipinski definition) is 2. The number of benzene rings is 1. The van der Waals surface area contributed by atoms with Crippen molar-refractivity contribution in [2.24, 2.45) is 11.6 Å². The van der Waals surface area contributed by atoms with Gasteiger partial charge in [-0.15, -0.1) is 0 Å². The quantitative estimate of drug-likeness (QED) is 0.411. The average Bonchev–Trinajstić information content (AvgIpc) is 2.42. The maximum Gasteiger partial charge on any atom is 0.0376 e. The standard InChI is InChI=1S/C16H28N4/c1-19(2)12-7-6-10-16(17)14-20(18)13-11-15-8-4-3-5-9-15/h3-5,8-9,14H,6-7,10-13,17-18H2,1-2H3/b16-14-. The van der Waals surface area contributed by atoms with Crippen molar-refractivity contribution in [3.63, 3.8) is 0 Å². The van der Waals surface area contributed by atoms with E-state index >= 15 is 0 Å². The molecule has 4 heteroatoms. The van der Waals surface area contributed by atoms with Crippen LogP contribution in [0.15, 0.2) is 42.2 Å². The minimum absolute atomic E-state index is 0.780. The van der Waals surface area contributed by atoms with Gasteiger partial charge in [-0.3, -0.25) is 0 Å². The van der Waals surface area contributed by atoms with Crippen molar-refractivity contribution in [3.8, 4) is 0 Å². The number of allylic oxidation sites excluding steroid dienone is 1. The molecule has 0 fully saturated rings. The van der Waals surface area contributed by atoms with Crippen LogP contribution in [-0.2, 0) is 6.42 Å². The third-order valence-corrected chi connectivity index (χ3v) is 3.15. The average molecular weight is 276 g/mol. The lowest BCUT2D eigenvalue weighted by molar-refractivity contribution is 0.386. The second kappa shape index (κ2) is 9.39. The number of unbranched alkanes of at least 4 members (excludes halogenated alkanes) is 1. The predicted octanol–water partition coefficient (Wildman–Crippen LogP) is 1.94. The van der Waals surface area contributed by atoms with E-state index in [-0.39, 0.29) is 0 Å². The molecule has 0 atom stereocenters. The molecule has 0 aliphatic rings. The molecule has 0 saturated carbocycles. The fraction of sp³-hybridized carbons (Fsp3) is 0.500. The Morgan fingerprint density at radius 3 is 2.45 bits per heavy atom. The van der Waals surface area contributed by atoms with E-state index in [4.69, 9.17) is 11.6 Å². The van der Waals surface area contributed by atoms with Crippen LogP contribution in [0, 0.1) is 0 Å². The zero-order valence-electron chi connectivity index (χ0n) is 12.8. The molecule has 0 amide bonds. The van der Waals surface area contributed by atoms with Gasteiger partial charge < -0.3 is 15.6 Å². The SMILES string of the molecule is CN(C)CCCC/C(N)=C/N(N)CCc1ccccc1. The molecule has 20 heavy (non-hydrogen) atoms. The van der Waals surface area contributed by atoms with Crippen molar-refractivity contribution in [1.82, 2.24) is 9.91 Å². The largest absolute Gasteiger partial charge is 0.401 e. The highest BCUT2D eigenvalue weighted by Gasteiger charge is 1.98. The first-order valence-electron chi connectivity index (χ1n) is 7.24. The van der Waals surface area contributed by atoms with Crippen LogP contribution in [0.2, 0.25) is 0 Å². The third kappa shape index (κ3) is 7.81. The van der Waals surface area contributed by atoms with Crippen LogP contribution in [0.5, 0.6) is 0 Å². The monoisotopic (exact) mass is 276 g/mol. The Bertz CT molecular complexity index is 387. The summed E-state index contributed by atoms with van der Waals surface area (Å²) in [5.74, 6) is 5.94. The molecule has 4 nitrogen and oxygen atoms in total. The van der Waals surface area contributed by atoms with Crippen molar-refractivity contribution in [2.45, 2.75) is 25.7 Å². The molecule has 1 aromatic rings. The summed E-state index contributed by atoms with van der Waals surface area (Å²) in [5, 5.41) is 1.69. The molecule has 0 radical (unpaired) electrons. The lowest BCUT2D eigenvalue weighted by Crippen LogP contribution is -2.28. The van der Waals surface area contributed by atoms with Crippen molar-refractivity contribution < 1.29 is 0 Å². The van der Waals surface area contributed by atoms with Gasteiger partial charge in [0.25, 0.3) is 0 Å². The highest BCUT2D eigenvalue weighted by atomic mass is 15.4. The Hall–Kier alpha value is -1.52. The van der Waals surface area contributed by atoms with Gasteiger partial charge in [-0.25, -0.2) is 5.84 Å².